The van der Waals surface area contributed by atoms with Gasteiger partial charge in [0.2, 0.25) is 5.76 Å². The third kappa shape index (κ3) is 2.37. The maximum Gasteiger partial charge on any atom is 0.374 e. The first-order valence-electron chi connectivity index (χ1n) is 7.71. The van der Waals surface area contributed by atoms with Crippen LogP contribution in [0.25, 0.3) is 16.3 Å². The number of esters is 1. The van der Waals surface area contributed by atoms with Gasteiger partial charge < -0.3 is 9.84 Å². The van der Waals surface area contributed by atoms with E-state index in [1.165, 1.54) is 0 Å². The summed E-state index contributed by atoms with van der Waals surface area (Å²) < 4.78 is 5.48. The van der Waals surface area contributed by atoms with Crippen LogP contribution >= 0.6 is 0 Å². The van der Waals surface area contributed by atoms with Crippen LogP contribution in [0.2, 0.25) is 0 Å². The van der Waals surface area contributed by atoms with E-state index in [1.54, 1.807) is 0 Å². The molecule has 1 unspecified atom stereocenters. The maximum atomic E-state index is 11.9. The average molecular weight is 296 g/mol. The van der Waals surface area contributed by atoms with Crippen molar-refractivity contribution in [2.45, 2.75) is 38.7 Å². The Kier molecular flexibility index (Phi) is 3.65. The molecular formula is C19H20O3. The van der Waals surface area contributed by atoms with E-state index in [0.717, 1.165) is 29.2 Å². The van der Waals surface area contributed by atoms with E-state index in [9.17, 15) is 9.90 Å². The van der Waals surface area contributed by atoms with Crippen molar-refractivity contribution in [3.63, 3.8) is 0 Å². The molecule has 0 amide bonds. The molecule has 0 aromatic heterocycles. The van der Waals surface area contributed by atoms with Crippen molar-refractivity contribution in [1.82, 2.24) is 0 Å². The number of fused-ring (bicyclic) bond motifs is 1. The van der Waals surface area contributed by atoms with E-state index in [-0.39, 0.29) is 5.76 Å². The molecule has 1 aliphatic rings. The first-order chi connectivity index (χ1) is 10.5. The molecule has 3 rings (SSSR count). The molecule has 3 heteroatoms. The highest BCUT2D eigenvalue weighted by Gasteiger charge is 2.44. The fourth-order valence-electron chi connectivity index (χ4n) is 3.13. The third-order valence-electron chi connectivity index (χ3n) is 4.32. The molecule has 1 heterocycles. The minimum Gasteiger partial charge on any atom is -0.502 e. The number of carbonyl (C=O) groups excluding carboxylic acids is 1. The highest BCUT2D eigenvalue weighted by Crippen LogP contribution is 2.42. The van der Waals surface area contributed by atoms with Gasteiger partial charge in [0.05, 0.1) is 5.57 Å². The van der Waals surface area contributed by atoms with E-state index in [1.807, 2.05) is 49.4 Å². The van der Waals surface area contributed by atoms with Crippen LogP contribution in [0.3, 0.4) is 0 Å². The van der Waals surface area contributed by atoms with E-state index >= 15 is 0 Å². The molecule has 3 nitrogen and oxygen atoms in total. The molecule has 0 spiro atoms. The summed E-state index contributed by atoms with van der Waals surface area (Å²) in [5.74, 6) is -0.879. The van der Waals surface area contributed by atoms with Crippen LogP contribution in [0, 0.1) is 0 Å². The predicted molar refractivity (Wildman–Crippen MR) is 87.5 cm³/mol. The molecule has 0 aliphatic carbocycles. The maximum absolute atomic E-state index is 11.9. The molecule has 2 aromatic carbocycles. The number of ether oxygens (including phenoxy) is 1. The molecule has 114 valence electrons. The lowest BCUT2D eigenvalue weighted by atomic mass is 9.85. The largest absolute Gasteiger partial charge is 0.502 e. The number of cyclic esters (lactones) is 1. The summed E-state index contributed by atoms with van der Waals surface area (Å²) in [6.45, 7) is 3.98. The van der Waals surface area contributed by atoms with Crippen molar-refractivity contribution in [1.29, 1.82) is 0 Å². The summed E-state index contributed by atoms with van der Waals surface area (Å²) in [6, 6.07) is 14.0. The number of hydrogen-bond donors (Lipinski definition) is 1. The number of aliphatic hydroxyl groups is 1. The molecule has 22 heavy (non-hydrogen) atoms. The second kappa shape index (κ2) is 5.48. The molecular weight excluding hydrogens is 276 g/mol. The van der Waals surface area contributed by atoms with Crippen LogP contribution < -0.4 is 0 Å². The van der Waals surface area contributed by atoms with Gasteiger partial charge in [-0.25, -0.2) is 4.79 Å². The lowest BCUT2D eigenvalue weighted by molar-refractivity contribution is -0.147. The molecule has 2 aromatic rings. The Morgan fingerprint density at radius 1 is 1.14 bits per heavy atom. The van der Waals surface area contributed by atoms with Crippen LogP contribution in [0.5, 0.6) is 0 Å². The summed E-state index contributed by atoms with van der Waals surface area (Å²) in [4.78, 5) is 11.9. The zero-order valence-electron chi connectivity index (χ0n) is 12.9. The molecule has 1 N–H and O–H groups in total. The highest BCUT2D eigenvalue weighted by atomic mass is 16.6. The molecule has 0 saturated carbocycles. The second-order valence-electron chi connectivity index (χ2n) is 6.01. The standard InChI is InChI=1S/C19H20O3/c1-3-4-11-19(2)16(17(20)18(21)22-19)15-10-9-13-7-5-6-8-14(13)12-15/h5-10,12,20H,3-4,11H2,1-2H3. The van der Waals surface area contributed by atoms with Gasteiger partial charge >= 0.3 is 5.97 Å². The number of hydrogen-bond acceptors (Lipinski definition) is 3. The van der Waals surface area contributed by atoms with Crippen LogP contribution in [-0.2, 0) is 9.53 Å². The van der Waals surface area contributed by atoms with Gasteiger partial charge in [0.15, 0.2) is 0 Å². The average Bonchev–Trinajstić information content (AvgIpc) is 2.75. The zero-order chi connectivity index (χ0) is 15.7. The Bertz CT molecular complexity index is 760. The second-order valence-corrected chi connectivity index (χ2v) is 6.01. The zero-order valence-corrected chi connectivity index (χ0v) is 12.9. The summed E-state index contributed by atoms with van der Waals surface area (Å²) in [7, 11) is 0. The van der Waals surface area contributed by atoms with Crippen LogP contribution in [-0.4, -0.2) is 16.7 Å². The Hall–Kier alpha value is -2.29. The predicted octanol–water partition coefficient (Wildman–Crippen LogP) is 4.61. The van der Waals surface area contributed by atoms with Gasteiger partial charge in [0.25, 0.3) is 0 Å². The van der Waals surface area contributed by atoms with Crippen molar-refractivity contribution < 1.29 is 14.6 Å². The third-order valence-corrected chi connectivity index (χ3v) is 4.32. The monoisotopic (exact) mass is 296 g/mol. The number of rotatable bonds is 4. The number of carbonyl (C=O) groups is 1. The number of benzene rings is 2. The minimum atomic E-state index is -0.750. The molecule has 0 fully saturated rings. The van der Waals surface area contributed by atoms with Crippen LogP contribution in [0.1, 0.15) is 38.7 Å². The smallest absolute Gasteiger partial charge is 0.374 e. The topological polar surface area (TPSA) is 46.5 Å². The van der Waals surface area contributed by atoms with Gasteiger partial charge in [0.1, 0.15) is 5.60 Å². The summed E-state index contributed by atoms with van der Waals surface area (Å²) in [5, 5.41) is 12.4. The van der Waals surface area contributed by atoms with E-state index < -0.39 is 11.6 Å². The summed E-state index contributed by atoms with van der Waals surface area (Å²) in [6.07, 6.45) is 2.66. The van der Waals surface area contributed by atoms with Gasteiger partial charge in [-0.15, -0.1) is 0 Å². The number of unbranched alkanes of at least 4 members (excludes halogenated alkanes) is 1. The van der Waals surface area contributed by atoms with Crippen LogP contribution in [0.4, 0.5) is 0 Å². The molecule has 1 aliphatic heterocycles. The Morgan fingerprint density at radius 2 is 1.86 bits per heavy atom. The van der Waals surface area contributed by atoms with Crippen molar-refractivity contribution in [3.8, 4) is 0 Å². The molecule has 0 saturated heterocycles. The molecule has 1 atom stereocenters. The lowest BCUT2D eigenvalue weighted by Gasteiger charge is -2.26. The quantitative estimate of drug-likeness (QED) is 0.838. The van der Waals surface area contributed by atoms with Gasteiger partial charge in [0, 0.05) is 0 Å². The first kappa shape index (κ1) is 14.6. The van der Waals surface area contributed by atoms with Gasteiger partial charge in [-0.3, -0.25) is 0 Å². The van der Waals surface area contributed by atoms with Gasteiger partial charge in [-0.1, -0.05) is 49.7 Å². The van der Waals surface area contributed by atoms with Crippen molar-refractivity contribution in [3.05, 3.63) is 53.8 Å². The summed E-state index contributed by atoms with van der Waals surface area (Å²) in [5.41, 5.74) is 0.706. The molecule has 0 radical (unpaired) electrons. The van der Waals surface area contributed by atoms with Crippen molar-refractivity contribution in [2.24, 2.45) is 0 Å². The highest BCUT2D eigenvalue weighted by molar-refractivity contribution is 6.03. The van der Waals surface area contributed by atoms with Crippen molar-refractivity contribution >= 4 is 22.3 Å². The normalized spacial score (nSPS) is 21.5. The fraction of sp³-hybridized carbons (Fsp3) is 0.316. The van der Waals surface area contributed by atoms with Gasteiger partial charge in [-0.05, 0) is 42.2 Å². The lowest BCUT2D eigenvalue weighted by Crippen LogP contribution is -2.27. The Morgan fingerprint density at radius 3 is 2.59 bits per heavy atom. The van der Waals surface area contributed by atoms with E-state index in [0.29, 0.717) is 12.0 Å². The van der Waals surface area contributed by atoms with E-state index in [2.05, 4.69) is 6.92 Å². The SMILES string of the molecule is CCCCC1(C)OC(=O)C(O)=C1c1ccc2ccccc2c1. The van der Waals surface area contributed by atoms with Crippen molar-refractivity contribution in [2.75, 3.05) is 0 Å². The van der Waals surface area contributed by atoms with Crippen LogP contribution in [0.15, 0.2) is 48.2 Å². The Balaban J connectivity index is 2.10. The Labute approximate surface area is 130 Å². The fourth-order valence-corrected chi connectivity index (χ4v) is 3.13. The molecule has 0 bridgehead atoms. The van der Waals surface area contributed by atoms with Gasteiger partial charge in [-0.2, -0.15) is 0 Å². The summed E-state index contributed by atoms with van der Waals surface area (Å²) >= 11 is 0. The van der Waals surface area contributed by atoms with E-state index in [4.69, 9.17) is 4.74 Å². The minimum absolute atomic E-state index is 0.256. The first-order valence-corrected chi connectivity index (χ1v) is 7.71. The number of aliphatic hydroxyl groups excluding tert-OH is 1.